The fourth-order valence-electron chi connectivity index (χ4n) is 2.53. The fraction of sp³-hybridized carbons (Fsp3) is 0.571. The van der Waals surface area contributed by atoms with E-state index < -0.39 is 0 Å². The van der Waals surface area contributed by atoms with Gasteiger partial charge in [0.2, 0.25) is 0 Å². The topological polar surface area (TPSA) is 68.0 Å². The van der Waals surface area contributed by atoms with Crippen LogP contribution in [0.3, 0.4) is 0 Å². The van der Waals surface area contributed by atoms with Gasteiger partial charge in [0.1, 0.15) is 0 Å². The highest BCUT2D eigenvalue weighted by molar-refractivity contribution is 5.94. The smallest absolute Gasteiger partial charge is 0.251 e. The number of rotatable bonds is 3. The van der Waals surface area contributed by atoms with E-state index in [1.165, 1.54) is 19.3 Å². The van der Waals surface area contributed by atoms with Crippen LogP contribution in [0.25, 0.3) is 0 Å². The second-order valence-electron chi connectivity index (χ2n) is 5.32. The van der Waals surface area contributed by atoms with E-state index in [1.54, 1.807) is 18.3 Å². The average Bonchev–Trinajstić information content (AvgIpc) is 2.39. The average molecular weight is 284 g/mol. The van der Waals surface area contributed by atoms with Crippen LogP contribution in [0.5, 0.6) is 0 Å². The lowest BCUT2D eigenvalue weighted by atomic mass is 9.83. The van der Waals surface area contributed by atoms with Gasteiger partial charge >= 0.3 is 0 Å². The second-order valence-corrected chi connectivity index (χ2v) is 5.32. The minimum atomic E-state index is -0.0541. The Labute approximate surface area is 120 Å². The quantitative estimate of drug-likeness (QED) is 0.895. The molecule has 1 aromatic heterocycles. The van der Waals surface area contributed by atoms with Crippen molar-refractivity contribution in [2.45, 2.75) is 51.1 Å². The Hall–Kier alpha value is -1.13. The van der Waals surface area contributed by atoms with Crippen molar-refractivity contribution in [3.63, 3.8) is 0 Å². The number of carbonyl (C=O) groups excluding carboxylic acids is 1. The van der Waals surface area contributed by atoms with Crippen molar-refractivity contribution in [1.82, 2.24) is 10.3 Å². The number of nitrogens with zero attached hydrogens (tertiary/aromatic N) is 1. The molecule has 0 bridgehead atoms. The first-order valence-corrected chi connectivity index (χ1v) is 6.60. The van der Waals surface area contributed by atoms with Crippen molar-refractivity contribution in [3.05, 3.63) is 29.6 Å². The zero-order chi connectivity index (χ0) is 13.0. The lowest BCUT2D eigenvalue weighted by Gasteiger charge is -2.34. The van der Waals surface area contributed by atoms with E-state index in [9.17, 15) is 4.79 Å². The van der Waals surface area contributed by atoms with Crippen LogP contribution >= 0.6 is 12.4 Å². The van der Waals surface area contributed by atoms with Gasteiger partial charge in [-0.25, -0.2) is 0 Å². The van der Waals surface area contributed by atoms with Crippen LogP contribution in [0.15, 0.2) is 18.3 Å². The molecule has 0 aliphatic heterocycles. The second kappa shape index (κ2) is 6.87. The molecular formula is C14H22ClN3O. The maximum absolute atomic E-state index is 12.2. The summed E-state index contributed by atoms with van der Waals surface area (Å²) < 4.78 is 0. The van der Waals surface area contributed by atoms with Gasteiger partial charge in [0, 0.05) is 23.8 Å². The van der Waals surface area contributed by atoms with Gasteiger partial charge in [0.25, 0.3) is 5.91 Å². The molecule has 4 nitrogen and oxygen atoms in total. The minimum Gasteiger partial charge on any atom is -0.347 e. The lowest BCUT2D eigenvalue weighted by Crippen LogP contribution is -2.47. The molecule has 0 saturated heterocycles. The molecule has 0 aromatic carbocycles. The van der Waals surface area contributed by atoms with Crippen LogP contribution < -0.4 is 11.1 Å². The van der Waals surface area contributed by atoms with Crippen molar-refractivity contribution in [3.8, 4) is 0 Å². The Kier molecular flexibility index (Phi) is 5.76. The number of nitrogens with two attached hydrogens (primary N) is 1. The Morgan fingerprint density at radius 2 is 2.11 bits per heavy atom. The number of hydrogen-bond donors (Lipinski definition) is 2. The van der Waals surface area contributed by atoms with E-state index in [0.717, 1.165) is 18.5 Å². The summed E-state index contributed by atoms with van der Waals surface area (Å²) in [6.07, 6.45) is 7.43. The van der Waals surface area contributed by atoms with Crippen LogP contribution in [0.1, 0.15) is 55.1 Å². The van der Waals surface area contributed by atoms with Crippen LogP contribution in [-0.2, 0) is 6.54 Å². The third-order valence-electron chi connectivity index (χ3n) is 3.66. The normalized spacial score (nSPS) is 17.4. The molecule has 1 fully saturated rings. The summed E-state index contributed by atoms with van der Waals surface area (Å²) in [6.45, 7) is 2.49. The summed E-state index contributed by atoms with van der Waals surface area (Å²) in [7, 11) is 0. The number of pyridine rings is 1. The Morgan fingerprint density at radius 3 is 2.74 bits per heavy atom. The highest BCUT2D eigenvalue weighted by Crippen LogP contribution is 2.27. The molecule has 2 rings (SSSR count). The Bertz CT molecular complexity index is 430. The number of halogens is 1. The number of aromatic nitrogens is 1. The highest BCUT2D eigenvalue weighted by atomic mass is 35.5. The number of hydrogen-bond acceptors (Lipinski definition) is 3. The monoisotopic (exact) mass is 283 g/mol. The van der Waals surface area contributed by atoms with Gasteiger partial charge in [-0.3, -0.25) is 9.78 Å². The first-order chi connectivity index (χ1) is 8.63. The molecule has 106 valence electrons. The minimum absolute atomic E-state index is 0. The zero-order valence-corrected chi connectivity index (χ0v) is 12.1. The van der Waals surface area contributed by atoms with Crippen molar-refractivity contribution in [1.29, 1.82) is 0 Å². The van der Waals surface area contributed by atoms with Crippen LogP contribution in [0.2, 0.25) is 0 Å². The van der Waals surface area contributed by atoms with E-state index in [0.29, 0.717) is 12.1 Å². The lowest BCUT2D eigenvalue weighted by molar-refractivity contribution is 0.0882. The molecule has 3 N–H and O–H groups in total. The molecule has 1 aliphatic carbocycles. The Morgan fingerprint density at radius 1 is 1.42 bits per heavy atom. The summed E-state index contributed by atoms with van der Waals surface area (Å²) in [5.74, 6) is -0.0171. The summed E-state index contributed by atoms with van der Waals surface area (Å²) in [5, 5.41) is 3.16. The van der Waals surface area contributed by atoms with E-state index in [4.69, 9.17) is 5.73 Å². The van der Waals surface area contributed by atoms with Crippen molar-refractivity contribution < 1.29 is 4.79 Å². The maximum atomic E-state index is 12.2. The third-order valence-corrected chi connectivity index (χ3v) is 3.66. The number of carbonyl (C=O) groups is 1. The molecule has 0 spiro atoms. The predicted molar refractivity (Wildman–Crippen MR) is 78.3 cm³/mol. The fourth-order valence-corrected chi connectivity index (χ4v) is 2.53. The Balaban J connectivity index is 0.00000180. The summed E-state index contributed by atoms with van der Waals surface area (Å²) in [5.41, 5.74) is 6.88. The highest BCUT2D eigenvalue weighted by Gasteiger charge is 2.28. The van der Waals surface area contributed by atoms with Crippen LogP contribution in [-0.4, -0.2) is 16.4 Å². The van der Waals surface area contributed by atoms with E-state index >= 15 is 0 Å². The first-order valence-electron chi connectivity index (χ1n) is 6.60. The molecular weight excluding hydrogens is 262 g/mol. The van der Waals surface area contributed by atoms with E-state index in [-0.39, 0.29) is 23.9 Å². The molecule has 19 heavy (non-hydrogen) atoms. The number of nitrogens with one attached hydrogen (secondary N) is 1. The summed E-state index contributed by atoms with van der Waals surface area (Å²) >= 11 is 0. The van der Waals surface area contributed by atoms with Gasteiger partial charge < -0.3 is 11.1 Å². The van der Waals surface area contributed by atoms with Gasteiger partial charge in [-0.1, -0.05) is 19.3 Å². The maximum Gasteiger partial charge on any atom is 0.251 e. The summed E-state index contributed by atoms with van der Waals surface area (Å²) in [4.78, 5) is 16.3. The van der Waals surface area contributed by atoms with Gasteiger partial charge in [-0.15, -0.1) is 12.4 Å². The largest absolute Gasteiger partial charge is 0.347 e. The molecule has 1 saturated carbocycles. The van der Waals surface area contributed by atoms with Gasteiger partial charge in [-0.05, 0) is 31.9 Å². The van der Waals surface area contributed by atoms with E-state index in [2.05, 4.69) is 17.2 Å². The molecule has 5 heteroatoms. The third kappa shape index (κ3) is 4.18. The molecule has 1 amide bonds. The van der Waals surface area contributed by atoms with Crippen molar-refractivity contribution in [2.24, 2.45) is 5.73 Å². The molecule has 1 aromatic rings. The zero-order valence-electron chi connectivity index (χ0n) is 11.3. The van der Waals surface area contributed by atoms with Gasteiger partial charge in [0.15, 0.2) is 0 Å². The van der Waals surface area contributed by atoms with Crippen LogP contribution in [0, 0.1) is 0 Å². The molecule has 0 radical (unpaired) electrons. The molecule has 0 unspecified atom stereocenters. The predicted octanol–water partition coefficient (Wildman–Crippen LogP) is 2.41. The van der Waals surface area contributed by atoms with Crippen molar-refractivity contribution >= 4 is 18.3 Å². The van der Waals surface area contributed by atoms with E-state index in [1.807, 2.05) is 0 Å². The molecule has 0 atom stereocenters. The van der Waals surface area contributed by atoms with Crippen LogP contribution in [0.4, 0.5) is 0 Å². The molecule has 1 heterocycles. The van der Waals surface area contributed by atoms with Gasteiger partial charge in [0.05, 0.1) is 5.69 Å². The SMILES string of the molecule is CC1(NC(=O)c2ccnc(CN)c2)CCCCC1.Cl. The standard InChI is InChI=1S/C14H21N3O.ClH/c1-14(6-3-2-4-7-14)17-13(18)11-5-8-16-12(9-11)10-15;/h5,8-9H,2-4,6-7,10,15H2,1H3,(H,17,18);1H. The molecule has 1 aliphatic rings. The first kappa shape index (κ1) is 15.9. The van der Waals surface area contributed by atoms with Gasteiger partial charge in [-0.2, -0.15) is 0 Å². The summed E-state index contributed by atoms with van der Waals surface area (Å²) in [6, 6.07) is 3.50. The van der Waals surface area contributed by atoms with Crippen molar-refractivity contribution in [2.75, 3.05) is 0 Å². The number of amides is 1.